The molecule has 10 heavy (non-hydrogen) atoms. The van der Waals surface area contributed by atoms with Crippen LogP contribution in [0.2, 0.25) is 0 Å². The standard InChI is InChI=1S/C7H12O3/c1-7(3-2-4-7)5(8)6(9)10/h5,8H,2-4H2,1H3,(H,9,10). The molecule has 0 aromatic rings. The average Bonchev–Trinajstić information content (AvgIpc) is 1.81. The van der Waals surface area contributed by atoms with E-state index in [9.17, 15) is 4.79 Å². The lowest BCUT2D eigenvalue weighted by atomic mass is 9.67. The number of aliphatic carboxylic acids is 1. The molecular formula is C7H12O3. The molecule has 1 unspecified atom stereocenters. The Morgan fingerprint density at radius 3 is 2.20 bits per heavy atom. The summed E-state index contributed by atoms with van der Waals surface area (Å²) < 4.78 is 0. The molecule has 0 spiro atoms. The van der Waals surface area contributed by atoms with E-state index in [0.29, 0.717) is 0 Å². The molecule has 2 N–H and O–H groups in total. The molecule has 1 aliphatic carbocycles. The molecule has 1 atom stereocenters. The number of aliphatic hydroxyl groups is 1. The fourth-order valence-corrected chi connectivity index (χ4v) is 1.31. The number of carboxylic acid groups (broad SMARTS) is 1. The molecule has 0 amide bonds. The highest BCUT2D eigenvalue weighted by molar-refractivity contribution is 5.73. The van der Waals surface area contributed by atoms with Crippen LogP contribution in [0.4, 0.5) is 0 Å². The zero-order valence-electron chi connectivity index (χ0n) is 6.00. The van der Waals surface area contributed by atoms with Crippen LogP contribution >= 0.6 is 0 Å². The Hall–Kier alpha value is -0.570. The van der Waals surface area contributed by atoms with E-state index in [-0.39, 0.29) is 5.41 Å². The molecular weight excluding hydrogens is 132 g/mol. The third-order valence-corrected chi connectivity index (χ3v) is 2.39. The van der Waals surface area contributed by atoms with Crippen molar-refractivity contribution >= 4 is 5.97 Å². The minimum atomic E-state index is -1.17. The molecule has 1 saturated carbocycles. The Balaban J connectivity index is 2.54. The SMILES string of the molecule is CC1(C(O)C(=O)O)CCC1. The Kier molecular flexibility index (Phi) is 1.68. The van der Waals surface area contributed by atoms with Gasteiger partial charge in [-0.2, -0.15) is 0 Å². The fraction of sp³-hybridized carbons (Fsp3) is 0.857. The van der Waals surface area contributed by atoms with Crippen LogP contribution in [-0.4, -0.2) is 22.3 Å². The van der Waals surface area contributed by atoms with E-state index >= 15 is 0 Å². The van der Waals surface area contributed by atoms with E-state index in [1.165, 1.54) is 0 Å². The second-order valence-electron chi connectivity index (χ2n) is 3.25. The first-order chi connectivity index (χ1) is 4.56. The second-order valence-corrected chi connectivity index (χ2v) is 3.25. The number of carboxylic acids is 1. The van der Waals surface area contributed by atoms with E-state index in [1.807, 2.05) is 6.92 Å². The van der Waals surface area contributed by atoms with Crippen LogP contribution in [0, 0.1) is 5.41 Å². The van der Waals surface area contributed by atoms with Gasteiger partial charge < -0.3 is 10.2 Å². The third kappa shape index (κ3) is 1.01. The summed E-state index contributed by atoms with van der Waals surface area (Å²) in [5.41, 5.74) is -0.341. The van der Waals surface area contributed by atoms with Gasteiger partial charge in [-0.25, -0.2) is 4.79 Å². The van der Waals surface area contributed by atoms with Crippen molar-refractivity contribution in [1.82, 2.24) is 0 Å². The van der Waals surface area contributed by atoms with Crippen molar-refractivity contribution in [3.63, 3.8) is 0 Å². The number of carbonyl (C=O) groups is 1. The minimum Gasteiger partial charge on any atom is -0.479 e. The molecule has 0 aliphatic heterocycles. The van der Waals surface area contributed by atoms with Gasteiger partial charge in [-0.3, -0.25) is 0 Å². The quantitative estimate of drug-likeness (QED) is 0.597. The molecule has 0 aromatic carbocycles. The zero-order valence-corrected chi connectivity index (χ0v) is 6.00. The lowest BCUT2D eigenvalue weighted by Gasteiger charge is -2.40. The second kappa shape index (κ2) is 2.23. The first kappa shape index (κ1) is 7.54. The third-order valence-electron chi connectivity index (χ3n) is 2.39. The summed E-state index contributed by atoms with van der Waals surface area (Å²) in [6.07, 6.45) is 1.54. The van der Waals surface area contributed by atoms with Crippen LogP contribution in [-0.2, 0) is 4.79 Å². The van der Waals surface area contributed by atoms with E-state index in [2.05, 4.69) is 0 Å². The van der Waals surface area contributed by atoms with Crippen LogP contribution in [0.15, 0.2) is 0 Å². The molecule has 3 nitrogen and oxygen atoms in total. The molecule has 1 rings (SSSR count). The van der Waals surface area contributed by atoms with Crippen molar-refractivity contribution in [3.05, 3.63) is 0 Å². The van der Waals surface area contributed by atoms with Gasteiger partial charge in [-0.1, -0.05) is 13.3 Å². The van der Waals surface area contributed by atoms with Crippen molar-refractivity contribution in [3.8, 4) is 0 Å². The first-order valence-corrected chi connectivity index (χ1v) is 3.47. The predicted molar refractivity (Wildman–Crippen MR) is 35.6 cm³/mol. The number of aliphatic hydroxyl groups excluding tert-OH is 1. The Morgan fingerprint density at radius 1 is 1.60 bits per heavy atom. The number of rotatable bonds is 2. The van der Waals surface area contributed by atoms with E-state index in [4.69, 9.17) is 10.2 Å². The monoisotopic (exact) mass is 144 g/mol. The van der Waals surface area contributed by atoms with Crippen LogP contribution in [0.3, 0.4) is 0 Å². The van der Waals surface area contributed by atoms with Crippen molar-refractivity contribution in [2.24, 2.45) is 5.41 Å². The molecule has 1 aliphatic rings. The highest BCUT2D eigenvalue weighted by Gasteiger charge is 2.42. The normalized spacial score (nSPS) is 25.0. The van der Waals surface area contributed by atoms with Crippen molar-refractivity contribution in [1.29, 1.82) is 0 Å². The summed E-state index contributed by atoms with van der Waals surface area (Å²) in [7, 11) is 0. The first-order valence-electron chi connectivity index (χ1n) is 3.47. The number of hydrogen-bond donors (Lipinski definition) is 2. The summed E-state index contributed by atoms with van der Waals surface area (Å²) in [5.74, 6) is -1.10. The van der Waals surface area contributed by atoms with Crippen LogP contribution < -0.4 is 0 Å². The molecule has 0 bridgehead atoms. The summed E-state index contributed by atoms with van der Waals surface area (Å²) in [5, 5.41) is 17.5. The molecule has 0 radical (unpaired) electrons. The van der Waals surface area contributed by atoms with E-state index in [1.54, 1.807) is 0 Å². The molecule has 58 valence electrons. The van der Waals surface area contributed by atoms with Gasteiger partial charge in [0.1, 0.15) is 0 Å². The Morgan fingerprint density at radius 2 is 2.10 bits per heavy atom. The van der Waals surface area contributed by atoms with Gasteiger partial charge in [-0.15, -0.1) is 0 Å². The van der Waals surface area contributed by atoms with Crippen LogP contribution in [0.1, 0.15) is 26.2 Å². The van der Waals surface area contributed by atoms with Crippen molar-refractivity contribution in [2.75, 3.05) is 0 Å². The van der Waals surface area contributed by atoms with Crippen LogP contribution in [0.25, 0.3) is 0 Å². The average molecular weight is 144 g/mol. The summed E-state index contributed by atoms with van der Waals surface area (Å²) in [4.78, 5) is 10.3. The highest BCUT2D eigenvalue weighted by Crippen LogP contribution is 2.43. The van der Waals surface area contributed by atoms with E-state index in [0.717, 1.165) is 19.3 Å². The maximum absolute atomic E-state index is 10.3. The zero-order chi connectivity index (χ0) is 7.78. The van der Waals surface area contributed by atoms with Gasteiger partial charge in [0, 0.05) is 5.41 Å². The lowest BCUT2D eigenvalue weighted by molar-refractivity contribution is -0.158. The van der Waals surface area contributed by atoms with Gasteiger partial charge in [-0.05, 0) is 12.8 Å². The molecule has 1 fully saturated rings. The van der Waals surface area contributed by atoms with Crippen molar-refractivity contribution in [2.45, 2.75) is 32.3 Å². The van der Waals surface area contributed by atoms with Crippen LogP contribution in [0.5, 0.6) is 0 Å². The van der Waals surface area contributed by atoms with Gasteiger partial charge in [0.25, 0.3) is 0 Å². The summed E-state index contributed by atoms with van der Waals surface area (Å²) in [6, 6.07) is 0. The largest absolute Gasteiger partial charge is 0.479 e. The Bertz CT molecular complexity index is 149. The van der Waals surface area contributed by atoms with Gasteiger partial charge in [0.15, 0.2) is 6.10 Å². The smallest absolute Gasteiger partial charge is 0.333 e. The van der Waals surface area contributed by atoms with E-state index < -0.39 is 12.1 Å². The molecule has 0 aromatic heterocycles. The van der Waals surface area contributed by atoms with Gasteiger partial charge in [0.05, 0.1) is 0 Å². The topological polar surface area (TPSA) is 57.5 Å². The fourth-order valence-electron chi connectivity index (χ4n) is 1.31. The minimum absolute atomic E-state index is 0.341. The summed E-state index contributed by atoms with van der Waals surface area (Å²) in [6.45, 7) is 1.81. The lowest BCUT2D eigenvalue weighted by Crippen LogP contribution is -2.43. The maximum atomic E-state index is 10.3. The highest BCUT2D eigenvalue weighted by atomic mass is 16.4. The van der Waals surface area contributed by atoms with Gasteiger partial charge in [0.2, 0.25) is 0 Å². The van der Waals surface area contributed by atoms with Gasteiger partial charge >= 0.3 is 5.97 Å². The van der Waals surface area contributed by atoms with Crippen molar-refractivity contribution < 1.29 is 15.0 Å². The molecule has 3 heteroatoms. The predicted octanol–water partition coefficient (Wildman–Crippen LogP) is 0.622. The molecule has 0 heterocycles. The summed E-state index contributed by atoms with van der Waals surface area (Å²) >= 11 is 0. The molecule has 0 saturated heterocycles. The Labute approximate surface area is 59.7 Å². The number of hydrogen-bond acceptors (Lipinski definition) is 2. The maximum Gasteiger partial charge on any atom is 0.333 e.